The third-order valence-electron chi connectivity index (χ3n) is 3.17. The lowest BCUT2D eigenvalue weighted by Gasteiger charge is -2.20. The molecule has 0 aliphatic rings. The smallest absolute Gasteiger partial charge is 0.250 e. The Morgan fingerprint density at radius 1 is 1.45 bits per heavy atom. The molecule has 0 fully saturated rings. The second-order valence-electron chi connectivity index (χ2n) is 4.61. The highest BCUT2D eigenvalue weighted by atomic mass is 19.1. The van der Waals surface area contributed by atoms with Gasteiger partial charge in [-0.05, 0) is 25.1 Å². The van der Waals surface area contributed by atoms with Crippen LogP contribution in [0.4, 0.5) is 15.8 Å². The van der Waals surface area contributed by atoms with Gasteiger partial charge in [0.25, 0.3) is 5.91 Å². The highest BCUT2D eigenvalue weighted by molar-refractivity contribution is 5.99. The Balaban J connectivity index is 2.34. The number of nitrogen functional groups attached to an aromatic ring is 1. The lowest BCUT2D eigenvalue weighted by Crippen LogP contribution is -2.20. The van der Waals surface area contributed by atoms with E-state index < -0.39 is 11.7 Å². The van der Waals surface area contributed by atoms with Crippen LogP contribution in [0.3, 0.4) is 0 Å². The van der Waals surface area contributed by atoms with Gasteiger partial charge in [-0.25, -0.2) is 4.39 Å². The number of benzene rings is 1. The number of carbonyl (C=O) groups is 1. The molecule has 0 aliphatic heterocycles. The number of hydrogen-bond acceptors (Lipinski definition) is 4. The van der Waals surface area contributed by atoms with Crippen molar-refractivity contribution in [1.82, 2.24) is 0 Å². The molecule has 1 aromatic carbocycles. The number of rotatable bonds is 4. The fourth-order valence-corrected chi connectivity index (χ4v) is 2.00. The van der Waals surface area contributed by atoms with Gasteiger partial charge >= 0.3 is 0 Å². The number of halogens is 1. The van der Waals surface area contributed by atoms with Crippen molar-refractivity contribution in [2.45, 2.75) is 13.5 Å². The fourth-order valence-electron chi connectivity index (χ4n) is 2.00. The molecule has 4 N–H and O–H groups in total. The van der Waals surface area contributed by atoms with Crippen molar-refractivity contribution in [1.29, 1.82) is 0 Å². The van der Waals surface area contributed by atoms with Crippen molar-refractivity contribution in [3.05, 3.63) is 47.2 Å². The Hall–Kier alpha value is -2.50. The third-order valence-corrected chi connectivity index (χ3v) is 3.17. The van der Waals surface area contributed by atoms with E-state index in [1.165, 1.54) is 6.07 Å². The number of anilines is 2. The average molecular weight is 277 g/mol. The molecule has 1 aromatic heterocycles. The SMILES string of the molecule is Cc1occc1CN(C)c1cc(C(N)=O)c(N)cc1F. The molecule has 0 aliphatic carbocycles. The quantitative estimate of drug-likeness (QED) is 0.837. The normalized spacial score (nSPS) is 10.6. The van der Waals surface area contributed by atoms with Crippen molar-refractivity contribution in [2.75, 3.05) is 17.7 Å². The Labute approximate surface area is 116 Å². The largest absolute Gasteiger partial charge is 0.469 e. The number of amides is 1. The van der Waals surface area contributed by atoms with E-state index in [-0.39, 0.29) is 16.9 Å². The van der Waals surface area contributed by atoms with Crippen LogP contribution in [0.25, 0.3) is 0 Å². The number of aryl methyl sites for hydroxylation is 1. The molecule has 2 rings (SSSR count). The number of nitrogens with zero attached hydrogens (tertiary/aromatic N) is 1. The standard InChI is InChI=1S/C14H16FN3O2/c1-8-9(3-4-20-8)7-18(2)13-5-10(14(17)19)12(16)6-11(13)15/h3-6H,7,16H2,1-2H3,(H2,17,19). The predicted octanol–water partition coefficient (Wildman–Crippen LogP) is 2.04. The van der Waals surface area contributed by atoms with Crippen LogP contribution < -0.4 is 16.4 Å². The summed E-state index contributed by atoms with van der Waals surface area (Å²) in [6.07, 6.45) is 1.58. The summed E-state index contributed by atoms with van der Waals surface area (Å²) in [4.78, 5) is 12.9. The molecule has 2 aromatic rings. The summed E-state index contributed by atoms with van der Waals surface area (Å²) in [6.45, 7) is 2.28. The van der Waals surface area contributed by atoms with Gasteiger partial charge in [0.05, 0.1) is 17.5 Å². The third kappa shape index (κ3) is 2.59. The van der Waals surface area contributed by atoms with Crippen molar-refractivity contribution in [3.63, 3.8) is 0 Å². The van der Waals surface area contributed by atoms with E-state index in [0.29, 0.717) is 6.54 Å². The summed E-state index contributed by atoms with van der Waals surface area (Å²) in [7, 11) is 1.71. The van der Waals surface area contributed by atoms with E-state index in [1.54, 1.807) is 18.2 Å². The average Bonchev–Trinajstić information content (AvgIpc) is 2.74. The van der Waals surface area contributed by atoms with Crippen molar-refractivity contribution < 1.29 is 13.6 Å². The Bertz CT molecular complexity index is 652. The van der Waals surface area contributed by atoms with Gasteiger partial charge in [-0.2, -0.15) is 0 Å². The summed E-state index contributed by atoms with van der Waals surface area (Å²) in [5, 5.41) is 0. The molecule has 5 nitrogen and oxygen atoms in total. The first-order valence-corrected chi connectivity index (χ1v) is 6.03. The molecule has 0 spiro atoms. The first kappa shape index (κ1) is 13.9. The molecule has 0 unspecified atom stereocenters. The molecule has 1 heterocycles. The molecule has 0 atom stereocenters. The summed E-state index contributed by atoms with van der Waals surface area (Å²) in [5.74, 6) is -0.421. The zero-order valence-electron chi connectivity index (χ0n) is 11.3. The molecule has 0 saturated carbocycles. The zero-order chi connectivity index (χ0) is 14.9. The number of carbonyl (C=O) groups excluding carboxylic acids is 1. The van der Waals surface area contributed by atoms with Crippen LogP contribution in [0, 0.1) is 12.7 Å². The minimum atomic E-state index is -0.684. The topological polar surface area (TPSA) is 85.5 Å². The number of hydrogen-bond donors (Lipinski definition) is 2. The number of furan rings is 1. The Kier molecular flexibility index (Phi) is 3.65. The van der Waals surface area contributed by atoms with Crippen LogP contribution >= 0.6 is 0 Å². The highest BCUT2D eigenvalue weighted by Crippen LogP contribution is 2.26. The molecule has 1 amide bonds. The van der Waals surface area contributed by atoms with Crippen LogP contribution in [0.2, 0.25) is 0 Å². The van der Waals surface area contributed by atoms with E-state index in [1.807, 2.05) is 13.0 Å². The lowest BCUT2D eigenvalue weighted by atomic mass is 10.1. The van der Waals surface area contributed by atoms with Gasteiger partial charge in [0.15, 0.2) is 0 Å². The minimum absolute atomic E-state index is 0.0339. The van der Waals surface area contributed by atoms with Gasteiger partial charge in [-0.3, -0.25) is 4.79 Å². The van der Waals surface area contributed by atoms with Crippen LogP contribution in [-0.4, -0.2) is 13.0 Å². The van der Waals surface area contributed by atoms with Gasteiger partial charge in [0, 0.05) is 24.8 Å². The van der Waals surface area contributed by atoms with Gasteiger partial charge in [0.2, 0.25) is 0 Å². The van der Waals surface area contributed by atoms with Gasteiger partial charge in [0.1, 0.15) is 11.6 Å². The fraction of sp³-hybridized carbons (Fsp3) is 0.214. The zero-order valence-corrected chi connectivity index (χ0v) is 11.3. The van der Waals surface area contributed by atoms with Crippen molar-refractivity contribution in [3.8, 4) is 0 Å². The molecule has 20 heavy (non-hydrogen) atoms. The molecule has 106 valence electrons. The predicted molar refractivity (Wildman–Crippen MR) is 74.9 cm³/mol. The van der Waals surface area contributed by atoms with Crippen LogP contribution in [-0.2, 0) is 6.54 Å². The van der Waals surface area contributed by atoms with Gasteiger partial charge < -0.3 is 20.8 Å². The summed E-state index contributed by atoms with van der Waals surface area (Å²) < 4.78 is 19.2. The molecule has 0 saturated heterocycles. The van der Waals surface area contributed by atoms with Crippen molar-refractivity contribution in [2.24, 2.45) is 5.73 Å². The first-order chi connectivity index (χ1) is 9.40. The lowest BCUT2D eigenvalue weighted by molar-refractivity contribution is 0.100. The molecular weight excluding hydrogens is 261 g/mol. The van der Waals surface area contributed by atoms with Crippen LogP contribution in [0.15, 0.2) is 28.9 Å². The van der Waals surface area contributed by atoms with Crippen LogP contribution in [0.1, 0.15) is 21.7 Å². The maximum absolute atomic E-state index is 14.0. The van der Waals surface area contributed by atoms with Crippen LogP contribution in [0.5, 0.6) is 0 Å². The molecule has 0 radical (unpaired) electrons. The van der Waals surface area contributed by atoms with E-state index in [0.717, 1.165) is 17.4 Å². The molecular formula is C14H16FN3O2. The summed E-state index contributed by atoms with van der Waals surface area (Å²) in [6, 6.07) is 4.28. The van der Waals surface area contributed by atoms with Gasteiger partial charge in [-0.15, -0.1) is 0 Å². The Morgan fingerprint density at radius 3 is 2.70 bits per heavy atom. The van der Waals surface area contributed by atoms with Crippen molar-refractivity contribution >= 4 is 17.3 Å². The molecule has 0 bridgehead atoms. The second-order valence-corrected chi connectivity index (χ2v) is 4.61. The highest BCUT2D eigenvalue weighted by Gasteiger charge is 2.15. The Morgan fingerprint density at radius 2 is 2.15 bits per heavy atom. The maximum Gasteiger partial charge on any atom is 0.250 e. The summed E-state index contributed by atoms with van der Waals surface area (Å²) in [5.41, 5.74) is 12.1. The van der Waals surface area contributed by atoms with E-state index in [2.05, 4.69) is 0 Å². The van der Waals surface area contributed by atoms with E-state index >= 15 is 0 Å². The minimum Gasteiger partial charge on any atom is -0.469 e. The number of nitrogens with two attached hydrogens (primary N) is 2. The summed E-state index contributed by atoms with van der Waals surface area (Å²) >= 11 is 0. The second kappa shape index (κ2) is 5.24. The van der Waals surface area contributed by atoms with Gasteiger partial charge in [-0.1, -0.05) is 0 Å². The van der Waals surface area contributed by atoms with E-state index in [4.69, 9.17) is 15.9 Å². The monoisotopic (exact) mass is 277 g/mol. The number of primary amides is 1. The van der Waals surface area contributed by atoms with E-state index in [9.17, 15) is 9.18 Å². The molecule has 6 heteroatoms. The first-order valence-electron chi connectivity index (χ1n) is 6.03. The maximum atomic E-state index is 14.0.